The van der Waals surface area contributed by atoms with Crippen molar-refractivity contribution in [3.05, 3.63) is 150 Å². The first kappa shape index (κ1) is 27.7. The summed E-state index contributed by atoms with van der Waals surface area (Å²) in [6, 6.07) is 50.0. The lowest BCUT2D eigenvalue weighted by molar-refractivity contribution is 0.660. The molecule has 0 aliphatic heterocycles. The van der Waals surface area contributed by atoms with Gasteiger partial charge < -0.3 is 9.47 Å². The molecule has 0 spiro atoms. The summed E-state index contributed by atoms with van der Waals surface area (Å²) >= 11 is 1.88. The molecule has 3 heteroatoms. The lowest BCUT2D eigenvalue weighted by atomic mass is 9.81. The number of para-hydroxylation sites is 1. The van der Waals surface area contributed by atoms with Crippen LogP contribution in [0.25, 0.3) is 63.9 Å². The molecule has 1 aliphatic carbocycles. The molecular formula is C45H34N2S. The second-order valence-electron chi connectivity index (χ2n) is 13.9. The molecule has 2 aromatic heterocycles. The summed E-state index contributed by atoms with van der Waals surface area (Å²) in [7, 11) is 2.19. The Morgan fingerprint density at radius 1 is 0.562 bits per heavy atom. The number of aromatic nitrogens is 1. The van der Waals surface area contributed by atoms with E-state index in [9.17, 15) is 0 Å². The Bertz CT molecular complexity index is 2790. The number of thiophene rings is 1. The van der Waals surface area contributed by atoms with E-state index in [2.05, 4.69) is 171 Å². The standard InChI is InChI=1S/C45H34N2S/c1-27-20-22-33-35(24-27)45(2,3)36-26-40(30-13-5-6-14-32(30)43(33)36)47(38-17-11-19-42-44(38)34-15-8-10-18-41(34)48-42)28-21-23-31-29-12-7-9-16-37(29)46(4)39(31)25-28/h5-26H,1-4H3. The predicted molar refractivity (Wildman–Crippen MR) is 208 cm³/mol. The third-order valence-electron chi connectivity index (χ3n) is 10.8. The highest BCUT2D eigenvalue weighted by molar-refractivity contribution is 7.26. The van der Waals surface area contributed by atoms with Crippen molar-refractivity contribution in [1.82, 2.24) is 4.57 Å². The lowest BCUT2D eigenvalue weighted by Crippen LogP contribution is -2.17. The van der Waals surface area contributed by atoms with Gasteiger partial charge in [-0.1, -0.05) is 110 Å². The molecule has 0 atom stereocenters. The van der Waals surface area contributed by atoms with Gasteiger partial charge in [-0.15, -0.1) is 11.3 Å². The molecule has 48 heavy (non-hydrogen) atoms. The Balaban J connectivity index is 1.34. The SMILES string of the molecule is Cc1ccc2c(c1)C(C)(C)c1cc(N(c3ccc4c5ccccc5n(C)c4c3)c3cccc4sc5ccccc5c34)c3ccccc3c1-2. The first-order chi connectivity index (χ1) is 23.4. The van der Waals surface area contributed by atoms with Crippen LogP contribution in [-0.4, -0.2) is 4.57 Å². The molecular weight excluding hydrogens is 601 g/mol. The van der Waals surface area contributed by atoms with Gasteiger partial charge in [-0.3, -0.25) is 0 Å². The average molecular weight is 635 g/mol. The van der Waals surface area contributed by atoms with Gasteiger partial charge in [-0.05, 0) is 77.0 Å². The smallest absolute Gasteiger partial charge is 0.0555 e. The summed E-state index contributed by atoms with van der Waals surface area (Å²) in [5.41, 5.74) is 12.8. The van der Waals surface area contributed by atoms with Gasteiger partial charge in [-0.2, -0.15) is 0 Å². The van der Waals surface area contributed by atoms with E-state index in [1.54, 1.807) is 0 Å². The zero-order valence-electron chi connectivity index (χ0n) is 27.5. The molecule has 0 unspecified atom stereocenters. The number of aryl methyl sites for hydroxylation is 2. The van der Waals surface area contributed by atoms with E-state index >= 15 is 0 Å². The summed E-state index contributed by atoms with van der Waals surface area (Å²) in [6.45, 7) is 7.00. The lowest BCUT2D eigenvalue weighted by Gasteiger charge is -2.30. The second-order valence-corrected chi connectivity index (χ2v) is 15.0. The fourth-order valence-corrected chi connectivity index (χ4v) is 9.63. The third-order valence-corrected chi connectivity index (χ3v) is 12.0. The number of fused-ring (bicyclic) bond motifs is 11. The highest BCUT2D eigenvalue weighted by atomic mass is 32.1. The maximum absolute atomic E-state index is 2.55. The summed E-state index contributed by atoms with van der Waals surface area (Å²) in [4.78, 5) is 2.55. The van der Waals surface area contributed by atoms with Gasteiger partial charge in [0.15, 0.2) is 0 Å². The Labute approximate surface area is 284 Å². The van der Waals surface area contributed by atoms with E-state index in [4.69, 9.17) is 0 Å². The fraction of sp³-hybridized carbons (Fsp3) is 0.111. The number of hydrogen-bond acceptors (Lipinski definition) is 2. The zero-order valence-corrected chi connectivity index (χ0v) is 28.3. The second kappa shape index (κ2) is 9.82. The molecule has 0 saturated carbocycles. The van der Waals surface area contributed by atoms with E-state index in [0.717, 1.165) is 5.69 Å². The molecule has 0 saturated heterocycles. The van der Waals surface area contributed by atoms with Crippen LogP contribution in [0, 0.1) is 6.92 Å². The maximum atomic E-state index is 2.55. The number of hydrogen-bond donors (Lipinski definition) is 0. The summed E-state index contributed by atoms with van der Waals surface area (Å²) in [6.07, 6.45) is 0. The van der Waals surface area contributed by atoms with Crippen LogP contribution in [0.1, 0.15) is 30.5 Å². The van der Waals surface area contributed by atoms with Crippen molar-refractivity contribution in [2.45, 2.75) is 26.2 Å². The molecule has 1 aliphatic rings. The van der Waals surface area contributed by atoms with Crippen LogP contribution in [0.2, 0.25) is 0 Å². The van der Waals surface area contributed by atoms with E-state index in [1.165, 1.54) is 91.9 Å². The fourth-order valence-electron chi connectivity index (χ4n) is 8.50. The van der Waals surface area contributed by atoms with Gasteiger partial charge in [-0.25, -0.2) is 0 Å². The minimum atomic E-state index is -0.137. The minimum Gasteiger partial charge on any atom is -0.344 e. The van der Waals surface area contributed by atoms with Crippen molar-refractivity contribution >= 4 is 81.1 Å². The molecule has 230 valence electrons. The van der Waals surface area contributed by atoms with Crippen LogP contribution in [0.15, 0.2) is 133 Å². The molecule has 7 aromatic carbocycles. The van der Waals surface area contributed by atoms with Gasteiger partial charge in [0.25, 0.3) is 0 Å². The highest BCUT2D eigenvalue weighted by Gasteiger charge is 2.38. The highest BCUT2D eigenvalue weighted by Crippen LogP contribution is 2.55. The number of benzene rings is 7. The molecule has 0 amide bonds. The van der Waals surface area contributed by atoms with Crippen LogP contribution in [0.3, 0.4) is 0 Å². The van der Waals surface area contributed by atoms with Crippen LogP contribution >= 0.6 is 11.3 Å². The van der Waals surface area contributed by atoms with Crippen molar-refractivity contribution in [3.8, 4) is 11.1 Å². The average Bonchev–Trinajstić information content (AvgIpc) is 3.71. The molecule has 2 nitrogen and oxygen atoms in total. The normalized spacial score (nSPS) is 13.6. The Morgan fingerprint density at radius 2 is 1.27 bits per heavy atom. The molecule has 0 radical (unpaired) electrons. The molecule has 0 fully saturated rings. The molecule has 0 bridgehead atoms. The van der Waals surface area contributed by atoms with Gasteiger partial charge in [0.2, 0.25) is 0 Å². The van der Waals surface area contributed by atoms with Gasteiger partial charge >= 0.3 is 0 Å². The zero-order chi connectivity index (χ0) is 32.3. The van der Waals surface area contributed by atoms with Crippen molar-refractivity contribution in [2.24, 2.45) is 7.05 Å². The van der Waals surface area contributed by atoms with E-state index in [0.29, 0.717) is 0 Å². The van der Waals surface area contributed by atoms with Crippen LogP contribution < -0.4 is 4.90 Å². The number of rotatable bonds is 3. The van der Waals surface area contributed by atoms with Crippen molar-refractivity contribution in [1.29, 1.82) is 0 Å². The predicted octanol–water partition coefficient (Wildman–Crippen LogP) is 12.9. The maximum Gasteiger partial charge on any atom is 0.0555 e. The minimum absolute atomic E-state index is 0.137. The number of anilines is 3. The summed E-state index contributed by atoms with van der Waals surface area (Å²) < 4.78 is 4.96. The van der Waals surface area contributed by atoms with Crippen molar-refractivity contribution in [2.75, 3.05) is 4.90 Å². The quantitative estimate of drug-likeness (QED) is 0.188. The molecule has 10 rings (SSSR count). The third kappa shape index (κ3) is 3.68. The first-order valence-electron chi connectivity index (χ1n) is 16.8. The summed E-state index contributed by atoms with van der Waals surface area (Å²) in [5, 5.41) is 7.74. The summed E-state index contributed by atoms with van der Waals surface area (Å²) in [5.74, 6) is 0. The Kier molecular flexibility index (Phi) is 5.67. The Hall–Kier alpha value is -5.38. The molecule has 9 aromatic rings. The monoisotopic (exact) mass is 634 g/mol. The van der Waals surface area contributed by atoms with E-state index < -0.39 is 0 Å². The van der Waals surface area contributed by atoms with Crippen molar-refractivity contribution < 1.29 is 0 Å². The van der Waals surface area contributed by atoms with Crippen molar-refractivity contribution in [3.63, 3.8) is 0 Å². The van der Waals surface area contributed by atoms with Crippen LogP contribution in [0.4, 0.5) is 17.1 Å². The van der Waals surface area contributed by atoms with Crippen LogP contribution in [0.5, 0.6) is 0 Å². The van der Waals surface area contributed by atoms with Gasteiger partial charge in [0.1, 0.15) is 0 Å². The van der Waals surface area contributed by atoms with E-state index in [1.807, 2.05) is 11.3 Å². The molecule has 0 N–H and O–H groups in total. The largest absolute Gasteiger partial charge is 0.344 e. The first-order valence-corrected chi connectivity index (χ1v) is 17.6. The topological polar surface area (TPSA) is 8.17 Å². The van der Waals surface area contributed by atoms with Gasteiger partial charge in [0.05, 0.1) is 16.9 Å². The van der Waals surface area contributed by atoms with Gasteiger partial charge in [0, 0.05) is 60.0 Å². The van der Waals surface area contributed by atoms with E-state index in [-0.39, 0.29) is 5.41 Å². The van der Waals surface area contributed by atoms with Crippen LogP contribution in [-0.2, 0) is 12.5 Å². The molecule has 2 heterocycles. The Morgan fingerprint density at radius 3 is 2.12 bits per heavy atom. The number of nitrogens with zero attached hydrogens (tertiary/aromatic N) is 2.